The van der Waals surface area contributed by atoms with E-state index in [0.717, 1.165) is 40.4 Å². The molecule has 0 aliphatic heterocycles. The van der Waals surface area contributed by atoms with Crippen LogP contribution in [0, 0.1) is 13.8 Å². The quantitative estimate of drug-likeness (QED) is 0.345. The molecule has 168 valence electrons. The second-order valence-corrected chi connectivity index (χ2v) is 8.16. The van der Waals surface area contributed by atoms with Crippen LogP contribution in [0.25, 0.3) is 5.69 Å². The van der Waals surface area contributed by atoms with Crippen molar-refractivity contribution < 1.29 is 9.53 Å². The predicted octanol–water partition coefficient (Wildman–Crippen LogP) is 6.42. The number of rotatable bonds is 8. The van der Waals surface area contributed by atoms with Gasteiger partial charge in [-0.1, -0.05) is 60.5 Å². The lowest BCUT2D eigenvalue weighted by Gasteiger charge is -2.12. The molecule has 1 amide bonds. The molecule has 1 N–H and O–H groups in total. The third kappa shape index (κ3) is 5.50. The van der Waals surface area contributed by atoms with Gasteiger partial charge in [0.25, 0.3) is 0 Å². The van der Waals surface area contributed by atoms with E-state index in [1.54, 1.807) is 0 Å². The molecule has 4 rings (SSSR count). The van der Waals surface area contributed by atoms with E-state index in [-0.39, 0.29) is 5.91 Å². The van der Waals surface area contributed by atoms with Crippen LogP contribution in [-0.4, -0.2) is 15.7 Å². The van der Waals surface area contributed by atoms with Gasteiger partial charge in [0.05, 0.1) is 11.4 Å². The Labute approximate surface area is 195 Å². The standard InChI is InChI=1S/C28H29N3O2/c1-4-26-25(18-19-27(32)29-22-14-10-20(2)11-15-22)28(33-24-16-12-21(3)13-17-24)31(30-26)23-8-6-5-7-9-23/h5-17H,4,18-19H2,1-3H3,(H,29,32). The second-order valence-electron chi connectivity index (χ2n) is 8.16. The average Bonchev–Trinajstić information content (AvgIpc) is 3.18. The van der Waals surface area contributed by atoms with Crippen molar-refractivity contribution in [3.05, 3.63) is 101 Å². The summed E-state index contributed by atoms with van der Waals surface area (Å²) in [6, 6.07) is 25.7. The first-order valence-corrected chi connectivity index (χ1v) is 11.3. The van der Waals surface area contributed by atoms with E-state index in [4.69, 9.17) is 9.84 Å². The van der Waals surface area contributed by atoms with Crippen LogP contribution in [0.2, 0.25) is 0 Å². The van der Waals surface area contributed by atoms with Crippen LogP contribution in [0.1, 0.15) is 35.7 Å². The normalized spacial score (nSPS) is 10.8. The molecule has 1 heterocycles. The number of carbonyl (C=O) groups excluding carboxylic acids is 1. The molecule has 0 saturated carbocycles. The van der Waals surface area contributed by atoms with Gasteiger partial charge in [-0.05, 0) is 63.1 Å². The monoisotopic (exact) mass is 439 g/mol. The van der Waals surface area contributed by atoms with E-state index < -0.39 is 0 Å². The number of benzene rings is 3. The van der Waals surface area contributed by atoms with E-state index in [9.17, 15) is 4.79 Å². The Bertz CT molecular complexity index is 1210. The molecular weight excluding hydrogens is 410 g/mol. The highest BCUT2D eigenvalue weighted by molar-refractivity contribution is 5.90. The Hall–Kier alpha value is -3.86. The van der Waals surface area contributed by atoms with Crippen molar-refractivity contribution in [2.75, 3.05) is 5.32 Å². The van der Waals surface area contributed by atoms with Gasteiger partial charge < -0.3 is 10.1 Å². The molecule has 1 aromatic heterocycles. The predicted molar refractivity (Wildman–Crippen MR) is 132 cm³/mol. The van der Waals surface area contributed by atoms with Crippen molar-refractivity contribution in [2.45, 2.75) is 40.0 Å². The number of aryl methyl sites for hydroxylation is 3. The first-order valence-electron chi connectivity index (χ1n) is 11.3. The number of ether oxygens (including phenoxy) is 1. The summed E-state index contributed by atoms with van der Waals surface area (Å²) in [7, 11) is 0. The molecule has 0 aliphatic carbocycles. The van der Waals surface area contributed by atoms with Crippen LogP contribution >= 0.6 is 0 Å². The molecule has 0 aliphatic rings. The van der Waals surface area contributed by atoms with E-state index in [1.165, 1.54) is 5.56 Å². The fraction of sp³-hybridized carbons (Fsp3) is 0.214. The molecule has 0 unspecified atom stereocenters. The maximum Gasteiger partial charge on any atom is 0.226 e. The zero-order valence-electron chi connectivity index (χ0n) is 19.3. The molecule has 3 aromatic carbocycles. The Balaban J connectivity index is 1.62. The van der Waals surface area contributed by atoms with Crippen LogP contribution in [0.4, 0.5) is 5.69 Å². The average molecular weight is 440 g/mol. The summed E-state index contributed by atoms with van der Waals surface area (Å²) in [4.78, 5) is 12.7. The van der Waals surface area contributed by atoms with Gasteiger partial charge in [0.1, 0.15) is 5.75 Å². The van der Waals surface area contributed by atoms with Gasteiger partial charge in [-0.2, -0.15) is 5.10 Å². The molecule has 0 radical (unpaired) electrons. The van der Waals surface area contributed by atoms with Crippen LogP contribution < -0.4 is 10.1 Å². The summed E-state index contributed by atoms with van der Waals surface area (Å²) in [5.41, 5.74) is 5.94. The van der Waals surface area contributed by atoms with Crippen molar-refractivity contribution in [3.63, 3.8) is 0 Å². The summed E-state index contributed by atoms with van der Waals surface area (Å²) in [6.07, 6.45) is 1.62. The number of aromatic nitrogens is 2. The van der Waals surface area contributed by atoms with Crippen LogP contribution in [0.5, 0.6) is 11.6 Å². The molecule has 0 atom stereocenters. The minimum absolute atomic E-state index is 0.0327. The third-order valence-electron chi connectivity index (χ3n) is 5.53. The number of nitrogens with one attached hydrogen (secondary N) is 1. The van der Waals surface area contributed by atoms with Crippen LogP contribution in [0.15, 0.2) is 78.9 Å². The zero-order valence-corrected chi connectivity index (χ0v) is 19.3. The summed E-state index contributed by atoms with van der Waals surface area (Å²) in [5, 5.41) is 7.83. The molecule has 5 heteroatoms. The fourth-order valence-electron chi connectivity index (χ4n) is 3.68. The molecular formula is C28H29N3O2. The Kier molecular flexibility index (Phi) is 6.89. The SMILES string of the molecule is CCc1nn(-c2ccccc2)c(Oc2ccc(C)cc2)c1CCC(=O)Nc1ccc(C)cc1. The highest BCUT2D eigenvalue weighted by Crippen LogP contribution is 2.32. The maximum absolute atomic E-state index is 12.7. The number of hydrogen-bond donors (Lipinski definition) is 1. The largest absolute Gasteiger partial charge is 0.439 e. The molecule has 33 heavy (non-hydrogen) atoms. The minimum atomic E-state index is -0.0327. The number of hydrogen-bond acceptors (Lipinski definition) is 3. The van der Waals surface area contributed by atoms with E-state index >= 15 is 0 Å². The first kappa shape index (κ1) is 22.3. The lowest BCUT2D eigenvalue weighted by molar-refractivity contribution is -0.116. The van der Waals surface area contributed by atoms with Crippen molar-refractivity contribution >= 4 is 11.6 Å². The Morgan fingerprint density at radius 2 is 1.55 bits per heavy atom. The highest BCUT2D eigenvalue weighted by atomic mass is 16.5. The van der Waals surface area contributed by atoms with E-state index in [0.29, 0.717) is 18.7 Å². The third-order valence-corrected chi connectivity index (χ3v) is 5.53. The number of anilines is 1. The van der Waals surface area contributed by atoms with Gasteiger partial charge >= 0.3 is 0 Å². The summed E-state index contributed by atoms with van der Waals surface area (Å²) < 4.78 is 8.20. The van der Waals surface area contributed by atoms with Gasteiger partial charge in [-0.15, -0.1) is 0 Å². The highest BCUT2D eigenvalue weighted by Gasteiger charge is 2.21. The van der Waals surface area contributed by atoms with Gasteiger partial charge in [0.2, 0.25) is 11.8 Å². The lowest BCUT2D eigenvalue weighted by atomic mass is 10.1. The topological polar surface area (TPSA) is 56.2 Å². The smallest absolute Gasteiger partial charge is 0.226 e. The summed E-state index contributed by atoms with van der Waals surface area (Å²) >= 11 is 0. The zero-order chi connectivity index (χ0) is 23.2. The number of amides is 1. The van der Waals surface area contributed by atoms with Gasteiger partial charge in [0, 0.05) is 17.7 Å². The first-order chi connectivity index (χ1) is 16.0. The van der Waals surface area contributed by atoms with Gasteiger partial charge in [-0.25, -0.2) is 4.68 Å². The molecule has 5 nitrogen and oxygen atoms in total. The maximum atomic E-state index is 12.7. The number of para-hydroxylation sites is 1. The molecule has 4 aromatic rings. The van der Waals surface area contributed by atoms with E-state index in [1.807, 2.05) is 97.4 Å². The van der Waals surface area contributed by atoms with Crippen molar-refractivity contribution in [1.82, 2.24) is 9.78 Å². The Morgan fingerprint density at radius 1 is 0.909 bits per heavy atom. The number of carbonyl (C=O) groups is 1. The number of nitrogens with zero attached hydrogens (tertiary/aromatic N) is 2. The van der Waals surface area contributed by atoms with Gasteiger partial charge in [-0.3, -0.25) is 4.79 Å². The fourth-order valence-corrected chi connectivity index (χ4v) is 3.68. The van der Waals surface area contributed by atoms with Crippen molar-refractivity contribution in [1.29, 1.82) is 0 Å². The Morgan fingerprint density at radius 3 is 2.18 bits per heavy atom. The molecule has 0 spiro atoms. The lowest BCUT2D eigenvalue weighted by Crippen LogP contribution is -2.12. The van der Waals surface area contributed by atoms with E-state index in [2.05, 4.69) is 12.2 Å². The van der Waals surface area contributed by atoms with Crippen molar-refractivity contribution in [2.24, 2.45) is 0 Å². The molecule has 0 bridgehead atoms. The second kappa shape index (κ2) is 10.2. The van der Waals surface area contributed by atoms with Crippen LogP contribution in [0.3, 0.4) is 0 Å². The van der Waals surface area contributed by atoms with Crippen molar-refractivity contribution in [3.8, 4) is 17.3 Å². The minimum Gasteiger partial charge on any atom is -0.439 e. The van der Waals surface area contributed by atoms with Gasteiger partial charge in [0.15, 0.2) is 0 Å². The molecule has 0 fully saturated rings. The molecule has 0 saturated heterocycles. The summed E-state index contributed by atoms with van der Waals surface area (Å²) in [6.45, 7) is 6.15. The van der Waals surface area contributed by atoms with Crippen LogP contribution in [-0.2, 0) is 17.6 Å². The summed E-state index contributed by atoms with van der Waals surface area (Å²) in [5.74, 6) is 1.37.